The van der Waals surface area contributed by atoms with E-state index >= 15 is 0 Å². The van der Waals surface area contributed by atoms with Crippen LogP contribution in [0, 0.1) is 0 Å². The molecule has 1 aromatic heterocycles. The van der Waals surface area contributed by atoms with Gasteiger partial charge in [0.1, 0.15) is 11.3 Å². The van der Waals surface area contributed by atoms with E-state index in [9.17, 15) is 0 Å². The fourth-order valence-corrected chi connectivity index (χ4v) is 2.30. The van der Waals surface area contributed by atoms with E-state index in [1.165, 1.54) is 5.56 Å². The largest absolute Gasteiger partial charge is 0.460 e. The molecule has 0 amide bonds. The van der Waals surface area contributed by atoms with Gasteiger partial charge in [0.15, 0.2) is 0 Å². The highest BCUT2D eigenvalue weighted by Gasteiger charge is 2.15. The summed E-state index contributed by atoms with van der Waals surface area (Å²) in [5, 5.41) is 1.15. The highest BCUT2D eigenvalue weighted by Crippen LogP contribution is 2.34. The van der Waals surface area contributed by atoms with Crippen LogP contribution in [-0.2, 0) is 6.42 Å². The molecule has 1 aliphatic rings. The quantitative estimate of drug-likeness (QED) is 0.643. The van der Waals surface area contributed by atoms with Crippen LogP contribution in [0.1, 0.15) is 17.7 Å². The molecule has 0 spiro atoms. The van der Waals surface area contributed by atoms with Gasteiger partial charge in [0.05, 0.1) is 0 Å². The molecule has 1 aromatic carbocycles. The lowest BCUT2D eigenvalue weighted by Gasteiger charge is -2.02. The maximum atomic E-state index is 5.77. The van der Waals surface area contributed by atoms with Crippen LogP contribution in [0.2, 0.25) is 0 Å². The number of aryl methyl sites for hydroxylation is 1. The molecular weight excluding hydrogens is 192 g/mol. The van der Waals surface area contributed by atoms with Gasteiger partial charge in [-0.3, -0.25) is 0 Å². The maximum Gasteiger partial charge on any atom is 0.136 e. The molecule has 1 heterocycles. The van der Waals surface area contributed by atoms with E-state index in [1.54, 1.807) is 0 Å². The van der Waals surface area contributed by atoms with E-state index in [1.807, 2.05) is 18.2 Å². The number of thiol groups is 1. The third kappa shape index (κ3) is 1.04. The Hall–Kier alpha value is -1.15. The molecule has 0 bridgehead atoms. The Bertz CT molecular complexity index is 522. The highest BCUT2D eigenvalue weighted by atomic mass is 32.1. The van der Waals surface area contributed by atoms with Crippen molar-refractivity contribution in [3.63, 3.8) is 0 Å². The van der Waals surface area contributed by atoms with E-state index in [0.717, 1.165) is 34.5 Å². The first-order valence-corrected chi connectivity index (χ1v) is 5.21. The van der Waals surface area contributed by atoms with Gasteiger partial charge in [0, 0.05) is 22.3 Å². The Balaban J connectivity index is 2.45. The predicted molar refractivity (Wildman–Crippen MR) is 60.8 cm³/mol. The fourth-order valence-electron chi connectivity index (χ4n) is 1.98. The first-order valence-electron chi connectivity index (χ1n) is 4.76. The van der Waals surface area contributed by atoms with E-state index in [2.05, 4.69) is 24.8 Å². The van der Waals surface area contributed by atoms with Crippen LogP contribution in [0.4, 0.5) is 0 Å². The Morgan fingerprint density at radius 1 is 1.29 bits per heavy atom. The van der Waals surface area contributed by atoms with E-state index in [-0.39, 0.29) is 0 Å². The van der Waals surface area contributed by atoms with E-state index < -0.39 is 0 Å². The molecule has 2 aromatic rings. The first-order chi connectivity index (χ1) is 6.86. The molecule has 0 radical (unpaired) electrons. The summed E-state index contributed by atoms with van der Waals surface area (Å²) in [4.78, 5) is 0.999. The van der Waals surface area contributed by atoms with Crippen LogP contribution < -0.4 is 0 Å². The minimum atomic E-state index is 0.953. The van der Waals surface area contributed by atoms with Crippen LogP contribution in [-0.4, -0.2) is 0 Å². The maximum absolute atomic E-state index is 5.77. The highest BCUT2D eigenvalue weighted by molar-refractivity contribution is 7.80. The number of rotatable bonds is 0. The zero-order chi connectivity index (χ0) is 9.54. The van der Waals surface area contributed by atoms with Gasteiger partial charge in [-0.05, 0) is 18.6 Å². The molecule has 0 atom stereocenters. The van der Waals surface area contributed by atoms with Crippen molar-refractivity contribution >= 4 is 29.7 Å². The van der Waals surface area contributed by atoms with Gasteiger partial charge in [-0.15, -0.1) is 12.6 Å². The summed E-state index contributed by atoms with van der Waals surface area (Å²) in [7, 11) is 0. The summed E-state index contributed by atoms with van der Waals surface area (Å²) in [6.45, 7) is 0. The van der Waals surface area contributed by atoms with E-state index in [4.69, 9.17) is 4.42 Å². The summed E-state index contributed by atoms with van der Waals surface area (Å²) < 4.78 is 5.77. The lowest BCUT2D eigenvalue weighted by molar-refractivity contribution is 0.546. The topological polar surface area (TPSA) is 13.1 Å². The predicted octanol–water partition coefficient (Wildman–Crippen LogP) is 3.68. The fraction of sp³-hybridized carbons (Fsp3) is 0.167. The molecule has 1 nitrogen and oxygen atoms in total. The third-order valence-corrected chi connectivity index (χ3v) is 3.00. The van der Waals surface area contributed by atoms with Crippen molar-refractivity contribution in [2.45, 2.75) is 17.7 Å². The number of hydrogen-bond donors (Lipinski definition) is 1. The number of benzene rings is 1. The molecule has 0 saturated carbocycles. The standard InChI is InChI=1S/C12H10OS/c14-11-7-3-6-10-12(11)8-4-1-2-5-9(8)13-10/h1,3-4,6-7,14H,2,5H2. The van der Waals surface area contributed by atoms with Crippen molar-refractivity contribution < 1.29 is 4.42 Å². The lowest BCUT2D eigenvalue weighted by Crippen LogP contribution is -1.88. The van der Waals surface area contributed by atoms with Gasteiger partial charge in [0.25, 0.3) is 0 Å². The van der Waals surface area contributed by atoms with Crippen molar-refractivity contribution in [2.75, 3.05) is 0 Å². The number of fused-ring (bicyclic) bond motifs is 3. The van der Waals surface area contributed by atoms with Crippen LogP contribution in [0.25, 0.3) is 17.0 Å². The van der Waals surface area contributed by atoms with Gasteiger partial charge in [-0.2, -0.15) is 0 Å². The van der Waals surface area contributed by atoms with Gasteiger partial charge < -0.3 is 4.42 Å². The molecule has 70 valence electrons. The van der Waals surface area contributed by atoms with Gasteiger partial charge in [-0.1, -0.05) is 18.2 Å². The minimum Gasteiger partial charge on any atom is -0.460 e. The smallest absolute Gasteiger partial charge is 0.136 e. The number of furan rings is 1. The van der Waals surface area contributed by atoms with Gasteiger partial charge >= 0.3 is 0 Å². The average molecular weight is 202 g/mol. The number of hydrogen-bond acceptors (Lipinski definition) is 2. The molecule has 0 unspecified atom stereocenters. The Labute approximate surface area is 87.8 Å². The summed E-state index contributed by atoms with van der Waals surface area (Å²) in [5.41, 5.74) is 2.17. The van der Waals surface area contributed by atoms with Crippen LogP contribution in [0.3, 0.4) is 0 Å². The summed E-state index contributed by atoms with van der Waals surface area (Å²) in [6, 6.07) is 5.98. The minimum absolute atomic E-state index is 0.953. The third-order valence-electron chi connectivity index (χ3n) is 2.63. The monoisotopic (exact) mass is 202 g/mol. The Morgan fingerprint density at radius 2 is 2.21 bits per heavy atom. The SMILES string of the molecule is Sc1cccc2oc3c(c12)C=CCC3. The molecule has 14 heavy (non-hydrogen) atoms. The van der Waals surface area contributed by atoms with Crippen molar-refractivity contribution in [1.29, 1.82) is 0 Å². The second-order valence-electron chi connectivity index (χ2n) is 3.53. The summed E-state index contributed by atoms with van der Waals surface area (Å²) >= 11 is 4.46. The zero-order valence-corrected chi connectivity index (χ0v) is 8.55. The molecule has 0 aliphatic heterocycles. The zero-order valence-electron chi connectivity index (χ0n) is 7.66. The van der Waals surface area contributed by atoms with Crippen molar-refractivity contribution in [3.05, 3.63) is 35.6 Å². The molecular formula is C12H10OS. The summed E-state index contributed by atoms with van der Waals surface area (Å²) in [5.74, 6) is 1.10. The van der Waals surface area contributed by atoms with Crippen molar-refractivity contribution in [1.82, 2.24) is 0 Å². The molecule has 1 aliphatic carbocycles. The lowest BCUT2D eigenvalue weighted by atomic mass is 10.0. The van der Waals surface area contributed by atoms with Crippen LogP contribution in [0.5, 0.6) is 0 Å². The molecule has 0 fully saturated rings. The van der Waals surface area contributed by atoms with Crippen molar-refractivity contribution in [2.24, 2.45) is 0 Å². The van der Waals surface area contributed by atoms with Gasteiger partial charge in [0.2, 0.25) is 0 Å². The second kappa shape index (κ2) is 2.92. The normalized spacial score (nSPS) is 14.6. The Morgan fingerprint density at radius 3 is 3.14 bits per heavy atom. The molecule has 0 saturated heterocycles. The summed E-state index contributed by atoms with van der Waals surface area (Å²) in [6.07, 6.45) is 6.42. The van der Waals surface area contributed by atoms with Crippen molar-refractivity contribution in [3.8, 4) is 0 Å². The van der Waals surface area contributed by atoms with Gasteiger partial charge in [-0.25, -0.2) is 0 Å². The van der Waals surface area contributed by atoms with E-state index in [0.29, 0.717) is 0 Å². The number of allylic oxidation sites excluding steroid dienone is 1. The first kappa shape index (κ1) is 8.18. The second-order valence-corrected chi connectivity index (χ2v) is 4.01. The Kier molecular flexibility index (Phi) is 1.71. The average Bonchev–Trinajstić information content (AvgIpc) is 2.57. The van der Waals surface area contributed by atoms with Crippen LogP contribution >= 0.6 is 12.6 Å². The molecule has 3 rings (SSSR count). The van der Waals surface area contributed by atoms with Crippen LogP contribution in [0.15, 0.2) is 33.6 Å². The molecule has 0 N–H and O–H groups in total. The molecule has 2 heteroatoms.